The standard InChI is InChI=1S/C25H27F2N5O2/c26-18-3-8-22(27)21(16-18)23-2-1-11-31(23)24-9-10-28-32(24)20-6-4-19(5-7-20)29-12-14-30(15-13-29)25(34)17-33/h3-10,16,23,33H,1-2,11-15,17H2/t23-/m1/s1. The largest absolute Gasteiger partial charge is 0.387 e. The summed E-state index contributed by atoms with van der Waals surface area (Å²) in [5.74, 6) is -0.224. The van der Waals surface area contributed by atoms with Crippen LogP contribution in [0.1, 0.15) is 24.4 Å². The van der Waals surface area contributed by atoms with Crippen LogP contribution in [-0.2, 0) is 4.79 Å². The molecular weight excluding hydrogens is 440 g/mol. The number of hydrogen-bond donors (Lipinski definition) is 1. The van der Waals surface area contributed by atoms with Crippen LogP contribution in [0.25, 0.3) is 5.69 Å². The monoisotopic (exact) mass is 467 g/mol. The molecule has 0 unspecified atom stereocenters. The second kappa shape index (κ2) is 9.42. The Balaban J connectivity index is 1.34. The number of aromatic nitrogens is 2. The maximum absolute atomic E-state index is 14.5. The van der Waals surface area contributed by atoms with Crippen LogP contribution in [0.3, 0.4) is 0 Å². The van der Waals surface area contributed by atoms with E-state index in [0.717, 1.165) is 42.6 Å². The Hall–Kier alpha value is -3.46. The highest BCUT2D eigenvalue weighted by Gasteiger charge is 2.31. The Morgan fingerprint density at radius 1 is 0.971 bits per heavy atom. The molecule has 2 aromatic carbocycles. The van der Waals surface area contributed by atoms with Gasteiger partial charge in [0.1, 0.15) is 24.1 Å². The molecular formula is C25H27F2N5O2. The molecule has 0 saturated carbocycles. The van der Waals surface area contributed by atoms with Crippen LogP contribution in [0.2, 0.25) is 0 Å². The minimum absolute atomic E-state index is 0.237. The van der Waals surface area contributed by atoms with E-state index in [0.29, 0.717) is 31.7 Å². The average molecular weight is 468 g/mol. The molecule has 2 saturated heterocycles. The van der Waals surface area contributed by atoms with E-state index in [4.69, 9.17) is 5.11 Å². The summed E-state index contributed by atoms with van der Waals surface area (Å²) in [6, 6.07) is 13.3. The van der Waals surface area contributed by atoms with Crippen molar-refractivity contribution in [3.05, 3.63) is 71.9 Å². The highest BCUT2D eigenvalue weighted by Crippen LogP contribution is 2.38. The van der Waals surface area contributed by atoms with Gasteiger partial charge in [0.25, 0.3) is 0 Å². The van der Waals surface area contributed by atoms with E-state index < -0.39 is 18.2 Å². The third kappa shape index (κ3) is 4.23. The maximum Gasteiger partial charge on any atom is 0.248 e. The Morgan fingerprint density at radius 3 is 2.44 bits per heavy atom. The number of anilines is 2. The van der Waals surface area contributed by atoms with Crippen molar-refractivity contribution in [2.75, 3.05) is 49.1 Å². The summed E-state index contributed by atoms with van der Waals surface area (Å²) >= 11 is 0. The zero-order chi connectivity index (χ0) is 23.7. The van der Waals surface area contributed by atoms with E-state index >= 15 is 0 Å². The molecule has 2 fully saturated rings. The first-order chi connectivity index (χ1) is 16.5. The van der Waals surface area contributed by atoms with Crippen LogP contribution in [0, 0.1) is 11.6 Å². The predicted octanol–water partition coefficient (Wildman–Crippen LogP) is 3.13. The molecule has 178 valence electrons. The van der Waals surface area contributed by atoms with E-state index in [1.54, 1.807) is 11.1 Å². The minimum atomic E-state index is -0.454. The molecule has 34 heavy (non-hydrogen) atoms. The van der Waals surface area contributed by atoms with Crippen molar-refractivity contribution in [1.82, 2.24) is 14.7 Å². The van der Waals surface area contributed by atoms with E-state index in [2.05, 4.69) is 14.9 Å². The first kappa shape index (κ1) is 22.3. The lowest BCUT2D eigenvalue weighted by molar-refractivity contribution is -0.134. The number of aliphatic hydroxyl groups is 1. The van der Waals surface area contributed by atoms with Gasteiger partial charge in [0.2, 0.25) is 5.91 Å². The number of halogens is 2. The normalized spacial score (nSPS) is 18.6. The molecule has 0 spiro atoms. The van der Waals surface area contributed by atoms with Gasteiger partial charge in [-0.15, -0.1) is 0 Å². The van der Waals surface area contributed by atoms with Crippen molar-refractivity contribution < 1.29 is 18.7 Å². The third-order valence-corrected chi connectivity index (χ3v) is 6.71. The number of benzene rings is 2. The average Bonchev–Trinajstić information content (AvgIpc) is 3.55. The summed E-state index contributed by atoms with van der Waals surface area (Å²) in [6.45, 7) is 2.85. The molecule has 0 bridgehead atoms. The second-order valence-corrected chi connectivity index (χ2v) is 8.66. The Morgan fingerprint density at radius 2 is 1.71 bits per heavy atom. The van der Waals surface area contributed by atoms with Crippen molar-refractivity contribution in [1.29, 1.82) is 0 Å². The van der Waals surface area contributed by atoms with Crippen LogP contribution < -0.4 is 9.80 Å². The lowest BCUT2D eigenvalue weighted by atomic mass is 10.0. The van der Waals surface area contributed by atoms with E-state index in [9.17, 15) is 13.6 Å². The SMILES string of the molecule is O=C(CO)N1CCN(c2ccc(-n3nccc3N3CCC[C@@H]3c3cc(F)ccc3F)cc2)CC1. The minimum Gasteiger partial charge on any atom is -0.387 e. The van der Waals surface area contributed by atoms with Crippen molar-refractivity contribution in [2.45, 2.75) is 18.9 Å². The molecule has 1 atom stereocenters. The molecule has 0 aliphatic carbocycles. The molecule has 7 nitrogen and oxygen atoms in total. The van der Waals surface area contributed by atoms with Crippen LogP contribution in [0.4, 0.5) is 20.3 Å². The quantitative estimate of drug-likeness (QED) is 0.625. The highest BCUT2D eigenvalue weighted by atomic mass is 19.1. The number of nitrogens with zero attached hydrogens (tertiary/aromatic N) is 5. The summed E-state index contributed by atoms with van der Waals surface area (Å²) in [5.41, 5.74) is 2.30. The van der Waals surface area contributed by atoms with Gasteiger partial charge in [-0.2, -0.15) is 5.10 Å². The lowest BCUT2D eigenvalue weighted by Gasteiger charge is -2.36. The van der Waals surface area contributed by atoms with Crippen LogP contribution in [0.5, 0.6) is 0 Å². The molecule has 3 aromatic rings. The fourth-order valence-corrected chi connectivity index (χ4v) is 4.97. The summed E-state index contributed by atoms with van der Waals surface area (Å²) in [5, 5.41) is 13.6. The molecule has 3 heterocycles. The highest BCUT2D eigenvalue weighted by molar-refractivity contribution is 5.77. The number of rotatable bonds is 5. The number of carbonyl (C=O) groups is 1. The number of hydrogen-bond acceptors (Lipinski definition) is 5. The molecule has 1 aromatic heterocycles. The number of carbonyl (C=O) groups excluding carboxylic acids is 1. The first-order valence-corrected chi connectivity index (χ1v) is 11.5. The van der Waals surface area contributed by atoms with Crippen LogP contribution in [0.15, 0.2) is 54.7 Å². The van der Waals surface area contributed by atoms with Gasteiger partial charge in [0.15, 0.2) is 0 Å². The predicted molar refractivity (Wildman–Crippen MR) is 125 cm³/mol. The van der Waals surface area contributed by atoms with Gasteiger partial charge in [0.05, 0.1) is 17.9 Å². The van der Waals surface area contributed by atoms with E-state index in [1.807, 2.05) is 35.0 Å². The molecule has 1 amide bonds. The molecule has 1 N–H and O–H groups in total. The van der Waals surface area contributed by atoms with Crippen molar-refractivity contribution in [2.24, 2.45) is 0 Å². The molecule has 5 rings (SSSR count). The van der Waals surface area contributed by atoms with Gasteiger partial charge in [0, 0.05) is 50.0 Å². The van der Waals surface area contributed by atoms with Gasteiger partial charge < -0.3 is 19.8 Å². The zero-order valence-corrected chi connectivity index (χ0v) is 18.8. The van der Waals surface area contributed by atoms with Crippen molar-refractivity contribution in [3.63, 3.8) is 0 Å². The van der Waals surface area contributed by atoms with Crippen LogP contribution >= 0.6 is 0 Å². The number of amides is 1. The number of aliphatic hydroxyl groups excluding tert-OH is 1. The van der Waals surface area contributed by atoms with Gasteiger partial charge >= 0.3 is 0 Å². The third-order valence-electron chi connectivity index (χ3n) is 6.71. The van der Waals surface area contributed by atoms with Crippen molar-refractivity contribution >= 4 is 17.4 Å². The second-order valence-electron chi connectivity index (χ2n) is 8.66. The first-order valence-electron chi connectivity index (χ1n) is 11.5. The summed E-state index contributed by atoms with van der Waals surface area (Å²) in [7, 11) is 0. The smallest absolute Gasteiger partial charge is 0.248 e. The van der Waals surface area contributed by atoms with E-state index in [1.165, 1.54) is 12.1 Å². The maximum atomic E-state index is 14.5. The Labute approximate surface area is 196 Å². The van der Waals surface area contributed by atoms with Gasteiger partial charge in [-0.05, 0) is 55.3 Å². The Kier molecular flexibility index (Phi) is 6.19. The molecule has 2 aliphatic heterocycles. The topological polar surface area (TPSA) is 64.8 Å². The lowest BCUT2D eigenvalue weighted by Crippen LogP contribution is -2.49. The summed E-state index contributed by atoms with van der Waals surface area (Å²) in [4.78, 5) is 17.7. The molecule has 2 aliphatic rings. The van der Waals surface area contributed by atoms with Gasteiger partial charge in [-0.25, -0.2) is 13.5 Å². The van der Waals surface area contributed by atoms with Gasteiger partial charge in [-0.3, -0.25) is 4.79 Å². The number of piperazine rings is 1. The molecule has 9 heteroatoms. The fourth-order valence-electron chi connectivity index (χ4n) is 4.97. The summed E-state index contributed by atoms with van der Waals surface area (Å²) < 4.78 is 30.2. The fraction of sp³-hybridized carbons (Fsp3) is 0.360. The van der Waals surface area contributed by atoms with Crippen LogP contribution in [-0.4, -0.2) is 65.0 Å². The van der Waals surface area contributed by atoms with E-state index in [-0.39, 0.29) is 11.9 Å². The Bertz CT molecular complexity index is 1160. The van der Waals surface area contributed by atoms with Gasteiger partial charge in [-0.1, -0.05) is 0 Å². The van der Waals surface area contributed by atoms with Crippen molar-refractivity contribution in [3.8, 4) is 5.69 Å². The molecule has 0 radical (unpaired) electrons. The summed E-state index contributed by atoms with van der Waals surface area (Å²) in [6.07, 6.45) is 3.35. The zero-order valence-electron chi connectivity index (χ0n) is 18.8.